The number of aryl methyl sites for hydroxylation is 2. The molecule has 7 heteroatoms. The van der Waals surface area contributed by atoms with Crippen molar-refractivity contribution in [2.45, 2.75) is 20.4 Å². The zero-order chi connectivity index (χ0) is 19.6. The predicted octanol–water partition coefficient (Wildman–Crippen LogP) is 3.13. The van der Waals surface area contributed by atoms with Crippen molar-refractivity contribution in [1.82, 2.24) is 10.3 Å². The SMILES string of the molecule is Cc1ccc(C(N)=O)cc1C(=O)NCc1nc(-c2ccc(F)cc2)oc1C. The fourth-order valence-electron chi connectivity index (χ4n) is 2.59. The predicted molar refractivity (Wildman–Crippen MR) is 97.5 cm³/mol. The maximum atomic E-state index is 13.0. The van der Waals surface area contributed by atoms with Crippen LogP contribution in [-0.2, 0) is 6.54 Å². The number of carbonyl (C=O) groups is 2. The van der Waals surface area contributed by atoms with E-state index in [2.05, 4.69) is 10.3 Å². The van der Waals surface area contributed by atoms with E-state index in [1.165, 1.54) is 18.2 Å². The molecule has 0 spiro atoms. The topological polar surface area (TPSA) is 98.2 Å². The Morgan fingerprint density at radius 1 is 1.15 bits per heavy atom. The van der Waals surface area contributed by atoms with Crippen LogP contribution in [0.3, 0.4) is 0 Å². The average Bonchev–Trinajstić information content (AvgIpc) is 3.01. The fourth-order valence-corrected chi connectivity index (χ4v) is 2.59. The monoisotopic (exact) mass is 367 g/mol. The summed E-state index contributed by atoms with van der Waals surface area (Å²) in [6.07, 6.45) is 0. The highest BCUT2D eigenvalue weighted by Gasteiger charge is 2.15. The second-order valence-corrected chi connectivity index (χ2v) is 6.11. The van der Waals surface area contributed by atoms with E-state index in [1.807, 2.05) is 0 Å². The van der Waals surface area contributed by atoms with Crippen molar-refractivity contribution in [2.24, 2.45) is 5.73 Å². The number of nitrogens with two attached hydrogens (primary N) is 1. The largest absolute Gasteiger partial charge is 0.441 e. The first kappa shape index (κ1) is 18.3. The minimum atomic E-state index is -0.597. The molecule has 27 heavy (non-hydrogen) atoms. The number of halogens is 1. The Morgan fingerprint density at radius 3 is 2.52 bits per heavy atom. The van der Waals surface area contributed by atoms with Crippen LogP contribution in [0.2, 0.25) is 0 Å². The third kappa shape index (κ3) is 4.03. The van der Waals surface area contributed by atoms with Crippen LogP contribution in [0, 0.1) is 19.7 Å². The fraction of sp³-hybridized carbons (Fsp3) is 0.150. The van der Waals surface area contributed by atoms with Crippen LogP contribution in [-0.4, -0.2) is 16.8 Å². The van der Waals surface area contributed by atoms with Crippen molar-refractivity contribution in [3.05, 3.63) is 76.4 Å². The van der Waals surface area contributed by atoms with E-state index in [-0.39, 0.29) is 23.8 Å². The lowest BCUT2D eigenvalue weighted by Crippen LogP contribution is -2.25. The van der Waals surface area contributed by atoms with Gasteiger partial charge in [-0.05, 0) is 55.8 Å². The summed E-state index contributed by atoms with van der Waals surface area (Å²) >= 11 is 0. The van der Waals surface area contributed by atoms with Gasteiger partial charge in [-0.25, -0.2) is 9.37 Å². The van der Waals surface area contributed by atoms with Gasteiger partial charge in [-0.3, -0.25) is 9.59 Å². The molecule has 0 unspecified atom stereocenters. The lowest BCUT2D eigenvalue weighted by Gasteiger charge is -2.08. The molecule has 0 radical (unpaired) electrons. The first-order valence-corrected chi connectivity index (χ1v) is 8.26. The van der Waals surface area contributed by atoms with E-state index in [1.54, 1.807) is 38.1 Å². The summed E-state index contributed by atoms with van der Waals surface area (Å²) in [6, 6.07) is 10.5. The number of nitrogens with zero attached hydrogens (tertiary/aromatic N) is 1. The second kappa shape index (κ2) is 7.41. The molecule has 0 saturated heterocycles. The number of carbonyl (C=O) groups excluding carboxylic acids is 2. The van der Waals surface area contributed by atoms with Gasteiger partial charge in [0.2, 0.25) is 11.8 Å². The lowest BCUT2D eigenvalue weighted by atomic mass is 10.0. The maximum Gasteiger partial charge on any atom is 0.251 e. The van der Waals surface area contributed by atoms with E-state index in [4.69, 9.17) is 10.2 Å². The highest BCUT2D eigenvalue weighted by atomic mass is 19.1. The molecule has 0 fully saturated rings. The Bertz CT molecular complexity index is 1010. The van der Waals surface area contributed by atoms with Crippen molar-refractivity contribution in [3.8, 4) is 11.5 Å². The number of oxazole rings is 1. The molecule has 1 aromatic heterocycles. The first-order chi connectivity index (χ1) is 12.8. The molecule has 1 heterocycles. The highest BCUT2D eigenvalue weighted by molar-refractivity contribution is 6.00. The number of benzene rings is 2. The van der Waals surface area contributed by atoms with Crippen LogP contribution >= 0.6 is 0 Å². The van der Waals surface area contributed by atoms with Crippen molar-refractivity contribution in [2.75, 3.05) is 0 Å². The number of aromatic nitrogens is 1. The van der Waals surface area contributed by atoms with Gasteiger partial charge in [0.25, 0.3) is 5.91 Å². The normalized spacial score (nSPS) is 10.6. The van der Waals surface area contributed by atoms with E-state index in [0.29, 0.717) is 28.5 Å². The van der Waals surface area contributed by atoms with Gasteiger partial charge in [-0.2, -0.15) is 0 Å². The van der Waals surface area contributed by atoms with Crippen molar-refractivity contribution >= 4 is 11.8 Å². The summed E-state index contributed by atoms with van der Waals surface area (Å²) < 4.78 is 18.6. The zero-order valence-corrected chi connectivity index (χ0v) is 14.9. The van der Waals surface area contributed by atoms with Crippen LogP contribution in [0.1, 0.15) is 37.7 Å². The summed E-state index contributed by atoms with van der Waals surface area (Å²) in [5.74, 6) is -0.384. The molecule has 3 rings (SSSR count). The van der Waals surface area contributed by atoms with Crippen molar-refractivity contribution < 1.29 is 18.4 Å². The number of amides is 2. The van der Waals surface area contributed by atoms with Crippen LogP contribution in [0.25, 0.3) is 11.5 Å². The van der Waals surface area contributed by atoms with Crippen LogP contribution in [0.5, 0.6) is 0 Å². The standard InChI is InChI=1S/C20H18FN3O3/c1-11-3-4-14(18(22)25)9-16(11)19(26)23-10-17-12(2)27-20(24-17)13-5-7-15(21)8-6-13/h3-9H,10H2,1-2H3,(H2,22,25)(H,23,26). The molecule has 0 bridgehead atoms. The van der Waals surface area contributed by atoms with E-state index < -0.39 is 5.91 Å². The molecule has 2 amide bonds. The molecule has 2 aromatic carbocycles. The van der Waals surface area contributed by atoms with Gasteiger partial charge in [-0.1, -0.05) is 6.07 Å². The molecule has 138 valence electrons. The van der Waals surface area contributed by atoms with Gasteiger partial charge in [0, 0.05) is 16.7 Å². The third-order valence-electron chi connectivity index (χ3n) is 4.17. The quantitative estimate of drug-likeness (QED) is 0.724. The van der Waals surface area contributed by atoms with E-state index >= 15 is 0 Å². The Hall–Kier alpha value is -3.48. The summed E-state index contributed by atoms with van der Waals surface area (Å²) in [5, 5.41) is 2.76. The summed E-state index contributed by atoms with van der Waals surface area (Å²) in [5.41, 5.74) is 7.83. The van der Waals surface area contributed by atoms with Crippen LogP contribution < -0.4 is 11.1 Å². The first-order valence-electron chi connectivity index (χ1n) is 8.26. The molecule has 3 aromatic rings. The molecule has 6 nitrogen and oxygen atoms in total. The van der Waals surface area contributed by atoms with E-state index in [0.717, 1.165) is 5.56 Å². The van der Waals surface area contributed by atoms with Crippen LogP contribution in [0.4, 0.5) is 4.39 Å². The van der Waals surface area contributed by atoms with Gasteiger partial charge >= 0.3 is 0 Å². The Labute approximate surface area is 155 Å². The summed E-state index contributed by atoms with van der Waals surface area (Å²) in [6.45, 7) is 3.66. The highest BCUT2D eigenvalue weighted by Crippen LogP contribution is 2.22. The molecular weight excluding hydrogens is 349 g/mol. The van der Waals surface area contributed by atoms with Gasteiger partial charge in [0.1, 0.15) is 17.3 Å². The molecule has 0 atom stereocenters. The number of rotatable bonds is 5. The lowest BCUT2D eigenvalue weighted by molar-refractivity contribution is 0.0949. The van der Waals surface area contributed by atoms with Crippen LogP contribution in [0.15, 0.2) is 46.9 Å². The average molecular weight is 367 g/mol. The Kier molecular flexibility index (Phi) is 5.03. The second-order valence-electron chi connectivity index (χ2n) is 6.11. The molecule has 0 aliphatic rings. The molecule has 3 N–H and O–H groups in total. The van der Waals surface area contributed by atoms with Gasteiger partial charge in [-0.15, -0.1) is 0 Å². The Morgan fingerprint density at radius 2 is 1.85 bits per heavy atom. The molecule has 0 aliphatic heterocycles. The number of nitrogens with one attached hydrogen (secondary N) is 1. The third-order valence-corrected chi connectivity index (χ3v) is 4.17. The minimum absolute atomic E-state index is 0.148. The number of primary amides is 1. The smallest absolute Gasteiger partial charge is 0.251 e. The molecular formula is C20H18FN3O3. The molecule has 0 aliphatic carbocycles. The van der Waals surface area contributed by atoms with Gasteiger partial charge < -0.3 is 15.5 Å². The maximum absolute atomic E-state index is 13.0. The Balaban J connectivity index is 1.75. The zero-order valence-electron chi connectivity index (χ0n) is 14.9. The summed E-state index contributed by atoms with van der Waals surface area (Å²) in [7, 11) is 0. The summed E-state index contributed by atoms with van der Waals surface area (Å²) in [4.78, 5) is 28.2. The van der Waals surface area contributed by atoms with Crippen molar-refractivity contribution in [3.63, 3.8) is 0 Å². The van der Waals surface area contributed by atoms with E-state index in [9.17, 15) is 14.0 Å². The molecule has 0 saturated carbocycles. The minimum Gasteiger partial charge on any atom is -0.441 e. The number of hydrogen-bond donors (Lipinski definition) is 2. The number of hydrogen-bond acceptors (Lipinski definition) is 4. The van der Waals surface area contributed by atoms with Gasteiger partial charge in [0.15, 0.2) is 0 Å². The van der Waals surface area contributed by atoms with Crippen molar-refractivity contribution in [1.29, 1.82) is 0 Å². The van der Waals surface area contributed by atoms with Gasteiger partial charge in [0.05, 0.1) is 6.54 Å².